The number of carbonyl (C=O) groups excluding carboxylic acids is 1. The molecule has 142 valence electrons. The van der Waals surface area contributed by atoms with Crippen molar-refractivity contribution in [2.75, 3.05) is 5.32 Å². The molecule has 0 fully saturated rings. The maximum absolute atomic E-state index is 12.3. The summed E-state index contributed by atoms with van der Waals surface area (Å²) in [6.07, 6.45) is 1.41. The molecule has 4 aromatic rings. The number of nitrogens with zero attached hydrogens (tertiary/aromatic N) is 2. The van der Waals surface area contributed by atoms with E-state index in [1.54, 1.807) is 47.7 Å². The predicted molar refractivity (Wildman–Crippen MR) is 116 cm³/mol. The maximum atomic E-state index is 12.3. The summed E-state index contributed by atoms with van der Waals surface area (Å²) in [5.74, 6) is -0.108. The number of nitrogens with one attached hydrogen (secondary N) is 1. The summed E-state index contributed by atoms with van der Waals surface area (Å²) in [7, 11) is 0. The number of thiazole rings is 1. The predicted octanol–water partition coefficient (Wildman–Crippen LogP) is 6.24. The van der Waals surface area contributed by atoms with Gasteiger partial charge in [-0.25, -0.2) is 4.98 Å². The van der Waals surface area contributed by atoms with Crippen LogP contribution in [0.5, 0.6) is 0 Å². The zero-order chi connectivity index (χ0) is 20.2. The number of nitriles is 1. The molecule has 0 radical (unpaired) electrons. The van der Waals surface area contributed by atoms with E-state index < -0.39 is 5.91 Å². The molecule has 8 heteroatoms. The summed E-state index contributed by atoms with van der Waals surface area (Å²) in [4.78, 5) is 16.9. The molecule has 29 heavy (non-hydrogen) atoms. The number of halogens is 1. The molecule has 0 bridgehead atoms. The molecule has 0 spiro atoms. The number of benzene rings is 2. The van der Waals surface area contributed by atoms with Gasteiger partial charge >= 0.3 is 0 Å². The van der Waals surface area contributed by atoms with E-state index in [4.69, 9.17) is 16.0 Å². The Morgan fingerprint density at radius 2 is 1.97 bits per heavy atom. The van der Waals surface area contributed by atoms with Crippen molar-refractivity contribution in [2.24, 2.45) is 0 Å². The van der Waals surface area contributed by atoms with Gasteiger partial charge in [-0.1, -0.05) is 23.7 Å². The van der Waals surface area contributed by atoms with Crippen LogP contribution < -0.4 is 5.32 Å². The van der Waals surface area contributed by atoms with Crippen LogP contribution in [0.4, 0.5) is 5.69 Å². The standard InChI is InChI=1S/C21H12ClN3O2S2/c22-14-5-7-15(8-6-14)24-20(26)13(12-23)11-16-9-10-19(27-16)29-21-25-17-3-1-2-4-18(17)28-21/h1-11H,(H,24,26)/b13-11+. The summed E-state index contributed by atoms with van der Waals surface area (Å²) in [6, 6.07) is 19.9. The van der Waals surface area contributed by atoms with E-state index in [9.17, 15) is 10.1 Å². The van der Waals surface area contributed by atoms with Gasteiger partial charge in [0.1, 0.15) is 17.4 Å². The smallest absolute Gasteiger partial charge is 0.266 e. The normalized spacial score (nSPS) is 11.4. The van der Waals surface area contributed by atoms with Crippen LogP contribution in [-0.2, 0) is 4.79 Å². The molecule has 0 aliphatic heterocycles. The van der Waals surface area contributed by atoms with Crippen molar-refractivity contribution in [1.29, 1.82) is 5.26 Å². The number of rotatable bonds is 5. The van der Waals surface area contributed by atoms with Gasteiger partial charge in [-0.2, -0.15) is 5.26 Å². The van der Waals surface area contributed by atoms with Gasteiger partial charge in [0, 0.05) is 16.8 Å². The molecule has 0 unspecified atom stereocenters. The Balaban J connectivity index is 1.48. The third kappa shape index (κ3) is 4.69. The van der Waals surface area contributed by atoms with Gasteiger partial charge in [0.2, 0.25) is 0 Å². The fourth-order valence-corrected chi connectivity index (χ4v) is 4.57. The van der Waals surface area contributed by atoms with Crippen LogP contribution >= 0.6 is 34.7 Å². The summed E-state index contributed by atoms with van der Waals surface area (Å²) < 4.78 is 7.70. The molecule has 0 aliphatic rings. The van der Waals surface area contributed by atoms with Crippen molar-refractivity contribution in [3.63, 3.8) is 0 Å². The molecule has 4 rings (SSSR count). The molecule has 1 N–H and O–H groups in total. The third-order valence-electron chi connectivity index (χ3n) is 3.82. The van der Waals surface area contributed by atoms with Crippen molar-refractivity contribution in [3.05, 3.63) is 77.0 Å². The molecule has 1 amide bonds. The summed E-state index contributed by atoms with van der Waals surface area (Å²) >= 11 is 8.81. The SMILES string of the molecule is N#C/C(=C\c1ccc(Sc2nc3ccccc3s2)o1)C(=O)Nc1ccc(Cl)cc1. The van der Waals surface area contributed by atoms with E-state index in [1.807, 2.05) is 30.3 Å². The highest BCUT2D eigenvalue weighted by molar-refractivity contribution is 8.01. The topological polar surface area (TPSA) is 78.9 Å². The van der Waals surface area contributed by atoms with Crippen molar-refractivity contribution < 1.29 is 9.21 Å². The molecule has 2 heterocycles. The summed E-state index contributed by atoms with van der Waals surface area (Å²) in [5, 5.41) is 13.2. The second-order valence-corrected chi connectivity index (χ2v) is 8.56. The van der Waals surface area contributed by atoms with Gasteiger partial charge in [0.25, 0.3) is 5.91 Å². The highest BCUT2D eigenvalue weighted by atomic mass is 35.5. The van der Waals surface area contributed by atoms with Crippen LogP contribution in [0.25, 0.3) is 16.3 Å². The van der Waals surface area contributed by atoms with Crippen LogP contribution in [0.3, 0.4) is 0 Å². The third-order valence-corrected chi connectivity index (χ3v) is 6.09. The zero-order valence-electron chi connectivity index (χ0n) is 14.8. The first-order chi connectivity index (χ1) is 14.1. The van der Waals surface area contributed by atoms with Crippen molar-refractivity contribution >= 4 is 62.6 Å². The lowest BCUT2D eigenvalue weighted by Gasteiger charge is -2.03. The van der Waals surface area contributed by atoms with Crippen molar-refractivity contribution in [3.8, 4) is 6.07 Å². The largest absolute Gasteiger partial charge is 0.450 e. The highest BCUT2D eigenvalue weighted by Crippen LogP contribution is 2.35. The second kappa shape index (κ2) is 8.53. The van der Waals surface area contributed by atoms with Crippen LogP contribution in [0, 0.1) is 11.3 Å². The van der Waals surface area contributed by atoms with Crippen molar-refractivity contribution in [2.45, 2.75) is 9.43 Å². The van der Waals surface area contributed by atoms with Gasteiger partial charge < -0.3 is 9.73 Å². The quantitative estimate of drug-likeness (QED) is 0.295. The first-order valence-electron chi connectivity index (χ1n) is 8.43. The Labute approximate surface area is 179 Å². The Bertz CT molecular complexity index is 1220. The number of hydrogen-bond donors (Lipinski definition) is 1. The van der Waals surface area contributed by atoms with Crippen LogP contribution in [0.2, 0.25) is 5.02 Å². The van der Waals surface area contributed by atoms with Crippen LogP contribution in [-0.4, -0.2) is 10.9 Å². The van der Waals surface area contributed by atoms with Gasteiger partial charge in [-0.15, -0.1) is 11.3 Å². The lowest BCUT2D eigenvalue weighted by Crippen LogP contribution is -2.13. The first kappa shape index (κ1) is 19.3. The number of para-hydroxylation sites is 1. The minimum atomic E-state index is -0.522. The molecule has 0 atom stereocenters. The van der Waals surface area contributed by atoms with Gasteiger partial charge in [-0.05, 0) is 60.3 Å². The van der Waals surface area contributed by atoms with Crippen LogP contribution in [0.1, 0.15) is 5.76 Å². The number of carbonyl (C=O) groups is 1. The Morgan fingerprint density at radius 1 is 1.17 bits per heavy atom. The maximum Gasteiger partial charge on any atom is 0.266 e. The van der Waals surface area contributed by atoms with Crippen LogP contribution in [0.15, 0.2) is 80.1 Å². The number of furan rings is 1. The number of anilines is 1. The van der Waals surface area contributed by atoms with E-state index >= 15 is 0 Å². The van der Waals surface area contributed by atoms with E-state index in [1.165, 1.54) is 17.8 Å². The van der Waals surface area contributed by atoms with Gasteiger partial charge in [0.15, 0.2) is 9.43 Å². The molecule has 2 aromatic heterocycles. The summed E-state index contributed by atoms with van der Waals surface area (Å²) in [5.41, 5.74) is 1.43. The number of aromatic nitrogens is 1. The second-order valence-electron chi connectivity index (χ2n) is 5.84. The van der Waals surface area contributed by atoms with E-state index in [0.717, 1.165) is 14.6 Å². The Kier molecular flexibility index (Phi) is 5.67. The molecule has 0 aliphatic carbocycles. The fourth-order valence-electron chi connectivity index (χ4n) is 2.47. The monoisotopic (exact) mass is 437 g/mol. The summed E-state index contributed by atoms with van der Waals surface area (Å²) in [6.45, 7) is 0. The Morgan fingerprint density at radius 3 is 2.72 bits per heavy atom. The lowest BCUT2D eigenvalue weighted by atomic mass is 10.2. The molecule has 2 aromatic carbocycles. The zero-order valence-corrected chi connectivity index (χ0v) is 17.1. The molecular weight excluding hydrogens is 426 g/mol. The minimum absolute atomic E-state index is 0.0640. The lowest BCUT2D eigenvalue weighted by molar-refractivity contribution is -0.112. The van der Waals surface area contributed by atoms with E-state index in [0.29, 0.717) is 21.6 Å². The fraction of sp³-hybridized carbons (Fsp3) is 0. The number of hydrogen-bond acceptors (Lipinski definition) is 6. The highest BCUT2D eigenvalue weighted by Gasteiger charge is 2.12. The Hall–Kier alpha value is -3.05. The average Bonchev–Trinajstić information content (AvgIpc) is 3.34. The van der Waals surface area contributed by atoms with Crippen molar-refractivity contribution in [1.82, 2.24) is 4.98 Å². The first-order valence-corrected chi connectivity index (χ1v) is 10.4. The van der Waals surface area contributed by atoms with E-state index in [-0.39, 0.29) is 5.57 Å². The number of amides is 1. The van der Waals surface area contributed by atoms with Gasteiger partial charge in [-0.3, -0.25) is 4.79 Å². The van der Waals surface area contributed by atoms with E-state index in [2.05, 4.69) is 10.3 Å². The molecular formula is C21H12ClN3O2S2. The molecule has 0 saturated heterocycles. The molecule has 5 nitrogen and oxygen atoms in total. The minimum Gasteiger partial charge on any atom is -0.450 e. The molecule has 0 saturated carbocycles. The average molecular weight is 438 g/mol. The number of fused-ring (bicyclic) bond motifs is 1. The van der Waals surface area contributed by atoms with Gasteiger partial charge in [0.05, 0.1) is 10.2 Å².